The second-order valence-corrected chi connectivity index (χ2v) is 4.86. The van der Waals surface area contributed by atoms with Gasteiger partial charge in [-0.25, -0.2) is 4.98 Å². The minimum absolute atomic E-state index is 0.267. The van der Waals surface area contributed by atoms with Gasteiger partial charge in [-0.2, -0.15) is 0 Å². The van der Waals surface area contributed by atoms with E-state index in [1.165, 1.54) is 5.69 Å². The molecule has 0 saturated heterocycles. The lowest BCUT2D eigenvalue weighted by atomic mass is 9.88. The number of rotatable bonds is 3. The van der Waals surface area contributed by atoms with Crippen LogP contribution in [0.4, 0.5) is 0 Å². The Morgan fingerprint density at radius 1 is 1.50 bits per heavy atom. The quantitative estimate of drug-likeness (QED) is 0.801. The summed E-state index contributed by atoms with van der Waals surface area (Å²) in [5.74, 6) is 0. The van der Waals surface area contributed by atoms with E-state index in [0.717, 1.165) is 6.54 Å². The molecule has 0 aliphatic heterocycles. The largest absolute Gasteiger partial charge is 0.330 e. The molecule has 0 aromatic carbocycles. The maximum Gasteiger partial charge on any atom is 0.0951 e. The number of hydrogen-bond donors (Lipinski definition) is 1. The van der Waals surface area contributed by atoms with Gasteiger partial charge in [0.05, 0.1) is 12.0 Å². The van der Waals surface area contributed by atoms with Crippen LogP contribution in [0.15, 0.2) is 12.5 Å². The van der Waals surface area contributed by atoms with Crippen molar-refractivity contribution in [2.45, 2.75) is 40.3 Å². The van der Waals surface area contributed by atoms with Gasteiger partial charge in [-0.3, -0.25) is 0 Å². The topological polar surface area (TPSA) is 29.9 Å². The Kier molecular flexibility index (Phi) is 3.32. The van der Waals surface area contributed by atoms with Gasteiger partial charge in [-0.1, -0.05) is 20.8 Å². The van der Waals surface area contributed by atoms with Crippen molar-refractivity contribution < 1.29 is 0 Å². The fraction of sp³-hybridized carbons (Fsp3) is 0.727. The first-order valence-corrected chi connectivity index (χ1v) is 5.12. The Hall–Kier alpha value is -0.830. The summed E-state index contributed by atoms with van der Waals surface area (Å²) in [6.07, 6.45) is 3.85. The van der Waals surface area contributed by atoms with Crippen molar-refractivity contribution in [1.29, 1.82) is 0 Å². The maximum absolute atomic E-state index is 4.20. The molecular weight excluding hydrogens is 174 g/mol. The highest BCUT2D eigenvalue weighted by Gasteiger charge is 2.22. The van der Waals surface area contributed by atoms with Gasteiger partial charge in [0.25, 0.3) is 0 Å². The van der Waals surface area contributed by atoms with E-state index < -0.39 is 0 Å². The van der Waals surface area contributed by atoms with Crippen LogP contribution >= 0.6 is 0 Å². The number of nitrogens with zero attached hydrogens (tertiary/aromatic N) is 2. The van der Waals surface area contributed by atoms with E-state index in [9.17, 15) is 0 Å². The first-order valence-electron chi connectivity index (χ1n) is 5.12. The molecule has 0 radical (unpaired) electrons. The minimum atomic E-state index is 0.267. The second kappa shape index (κ2) is 4.13. The molecule has 1 aromatic rings. The van der Waals surface area contributed by atoms with Gasteiger partial charge in [0.15, 0.2) is 0 Å². The smallest absolute Gasteiger partial charge is 0.0951 e. The summed E-state index contributed by atoms with van der Waals surface area (Å²) in [6, 6.07) is 0.466. The van der Waals surface area contributed by atoms with E-state index in [4.69, 9.17) is 0 Å². The normalized spacial score (nSPS) is 14.4. The fourth-order valence-electron chi connectivity index (χ4n) is 1.42. The Morgan fingerprint density at radius 2 is 2.14 bits per heavy atom. The molecule has 0 fully saturated rings. The summed E-state index contributed by atoms with van der Waals surface area (Å²) in [5.41, 5.74) is 1.51. The standard InChI is InChI=1S/C11H21N3/c1-9(11(2,3)4)14-8-13-7-10(14)6-12-5/h7-9,12H,6H2,1-5H3. The third-order valence-corrected chi connectivity index (χ3v) is 2.77. The van der Waals surface area contributed by atoms with Gasteiger partial charge >= 0.3 is 0 Å². The molecule has 1 N–H and O–H groups in total. The van der Waals surface area contributed by atoms with Crippen molar-refractivity contribution in [3.05, 3.63) is 18.2 Å². The Morgan fingerprint density at radius 3 is 2.64 bits per heavy atom. The lowest BCUT2D eigenvalue weighted by molar-refractivity contribution is 0.257. The van der Waals surface area contributed by atoms with E-state index in [0.29, 0.717) is 6.04 Å². The van der Waals surface area contributed by atoms with Crippen LogP contribution in [0.1, 0.15) is 39.4 Å². The molecule has 1 rings (SSSR count). The zero-order valence-electron chi connectivity index (χ0n) is 9.83. The molecule has 3 heteroatoms. The number of nitrogens with one attached hydrogen (secondary N) is 1. The molecule has 3 nitrogen and oxygen atoms in total. The van der Waals surface area contributed by atoms with Gasteiger partial charge in [-0.15, -0.1) is 0 Å². The molecule has 1 aromatic heterocycles. The molecule has 0 aliphatic carbocycles. The van der Waals surface area contributed by atoms with Gasteiger partial charge < -0.3 is 9.88 Å². The Balaban J connectivity index is 2.89. The van der Waals surface area contributed by atoms with Crippen molar-refractivity contribution in [2.24, 2.45) is 5.41 Å². The molecule has 1 heterocycles. The van der Waals surface area contributed by atoms with E-state index in [2.05, 4.69) is 42.6 Å². The van der Waals surface area contributed by atoms with E-state index in [-0.39, 0.29) is 5.41 Å². The predicted octanol–water partition coefficient (Wildman–Crippen LogP) is 2.21. The third-order valence-electron chi connectivity index (χ3n) is 2.77. The number of aromatic nitrogens is 2. The molecule has 80 valence electrons. The zero-order valence-corrected chi connectivity index (χ0v) is 9.83. The molecule has 0 saturated carbocycles. The average molecular weight is 195 g/mol. The van der Waals surface area contributed by atoms with Crippen LogP contribution < -0.4 is 5.32 Å². The van der Waals surface area contributed by atoms with E-state index in [1.807, 2.05) is 19.6 Å². The second-order valence-electron chi connectivity index (χ2n) is 4.86. The van der Waals surface area contributed by atoms with Crippen LogP contribution in [0.3, 0.4) is 0 Å². The summed E-state index contributed by atoms with van der Waals surface area (Å²) in [6.45, 7) is 9.86. The molecule has 14 heavy (non-hydrogen) atoms. The molecule has 1 unspecified atom stereocenters. The highest BCUT2D eigenvalue weighted by molar-refractivity contribution is 5.01. The first kappa shape index (κ1) is 11.2. The summed E-state index contributed by atoms with van der Waals surface area (Å²) in [4.78, 5) is 4.20. The minimum Gasteiger partial charge on any atom is -0.330 e. The van der Waals surface area contributed by atoms with Gasteiger partial charge in [0.2, 0.25) is 0 Å². The van der Waals surface area contributed by atoms with Crippen LogP contribution in [0.5, 0.6) is 0 Å². The van der Waals surface area contributed by atoms with Gasteiger partial charge in [0, 0.05) is 18.8 Å². The first-order chi connectivity index (χ1) is 6.46. The van der Waals surface area contributed by atoms with Crippen LogP contribution in [-0.2, 0) is 6.54 Å². The van der Waals surface area contributed by atoms with Crippen molar-refractivity contribution in [2.75, 3.05) is 7.05 Å². The molecular formula is C11H21N3. The molecule has 1 atom stereocenters. The van der Waals surface area contributed by atoms with Crippen LogP contribution in [0.25, 0.3) is 0 Å². The summed E-state index contributed by atoms with van der Waals surface area (Å²) in [5, 5.41) is 3.16. The number of hydrogen-bond acceptors (Lipinski definition) is 2. The van der Waals surface area contributed by atoms with Gasteiger partial charge in [-0.05, 0) is 19.4 Å². The monoisotopic (exact) mass is 195 g/mol. The lowest BCUT2D eigenvalue weighted by Crippen LogP contribution is -2.23. The summed E-state index contributed by atoms with van der Waals surface area (Å²) >= 11 is 0. The fourth-order valence-corrected chi connectivity index (χ4v) is 1.42. The SMILES string of the molecule is CNCc1cncn1C(C)C(C)(C)C. The molecule has 0 bridgehead atoms. The van der Waals surface area contributed by atoms with Crippen molar-refractivity contribution in [3.63, 3.8) is 0 Å². The van der Waals surface area contributed by atoms with E-state index >= 15 is 0 Å². The van der Waals surface area contributed by atoms with Crippen molar-refractivity contribution in [1.82, 2.24) is 14.9 Å². The summed E-state index contributed by atoms with van der Waals surface area (Å²) < 4.78 is 2.25. The zero-order chi connectivity index (χ0) is 10.8. The Labute approximate surface area is 86.5 Å². The summed E-state index contributed by atoms with van der Waals surface area (Å²) in [7, 11) is 1.96. The van der Waals surface area contributed by atoms with Gasteiger partial charge in [0.1, 0.15) is 0 Å². The predicted molar refractivity (Wildman–Crippen MR) is 59.2 cm³/mol. The average Bonchev–Trinajstić information content (AvgIpc) is 2.50. The van der Waals surface area contributed by atoms with Crippen molar-refractivity contribution >= 4 is 0 Å². The Bertz CT molecular complexity index is 283. The highest BCUT2D eigenvalue weighted by Crippen LogP contribution is 2.30. The van der Waals surface area contributed by atoms with Crippen LogP contribution in [-0.4, -0.2) is 16.6 Å². The number of imidazole rings is 1. The lowest BCUT2D eigenvalue weighted by Gasteiger charge is -2.29. The molecule has 0 amide bonds. The maximum atomic E-state index is 4.20. The van der Waals surface area contributed by atoms with Crippen molar-refractivity contribution in [3.8, 4) is 0 Å². The van der Waals surface area contributed by atoms with Crippen LogP contribution in [0.2, 0.25) is 0 Å². The molecule has 0 spiro atoms. The van der Waals surface area contributed by atoms with Crippen LogP contribution in [0, 0.1) is 5.41 Å². The van der Waals surface area contributed by atoms with E-state index in [1.54, 1.807) is 0 Å². The molecule has 0 aliphatic rings. The third kappa shape index (κ3) is 2.35. The highest BCUT2D eigenvalue weighted by atomic mass is 15.1.